The lowest BCUT2D eigenvalue weighted by Gasteiger charge is -2.14. The van der Waals surface area contributed by atoms with Crippen molar-refractivity contribution < 1.29 is 5.11 Å². The molecule has 0 unspecified atom stereocenters. The number of rotatable bonds is 11. The molecule has 0 spiro atoms. The molecule has 94 valence electrons. The van der Waals surface area contributed by atoms with Crippen LogP contribution in [0.5, 0.6) is 0 Å². The first kappa shape index (κ1) is 15.4. The van der Waals surface area contributed by atoms with Crippen LogP contribution in [0.25, 0.3) is 0 Å². The average Bonchev–Trinajstić information content (AvgIpc) is 2.31. The van der Waals surface area contributed by atoms with E-state index < -0.39 is 0 Å². The minimum atomic E-state index is -0.196. The molecule has 0 aromatic heterocycles. The lowest BCUT2D eigenvalue weighted by molar-refractivity contribution is 0.125. The smallest absolute Gasteiger partial charge is 0.0600 e. The van der Waals surface area contributed by atoms with Gasteiger partial charge in [-0.1, -0.05) is 51.2 Å². The SMILES string of the molecule is C=CCCCCCCCC[C@@H](O)[C@H](C)C=C. The number of allylic oxidation sites excluding steroid dienone is 1. The van der Waals surface area contributed by atoms with Crippen LogP contribution >= 0.6 is 0 Å². The van der Waals surface area contributed by atoms with Crippen molar-refractivity contribution in [2.75, 3.05) is 0 Å². The van der Waals surface area contributed by atoms with E-state index in [0.717, 1.165) is 19.3 Å². The van der Waals surface area contributed by atoms with Crippen molar-refractivity contribution in [1.29, 1.82) is 0 Å². The highest BCUT2D eigenvalue weighted by atomic mass is 16.3. The van der Waals surface area contributed by atoms with Crippen molar-refractivity contribution in [3.63, 3.8) is 0 Å². The molecule has 0 aliphatic rings. The van der Waals surface area contributed by atoms with Gasteiger partial charge in [0.15, 0.2) is 0 Å². The summed E-state index contributed by atoms with van der Waals surface area (Å²) < 4.78 is 0. The molecule has 16 heavy (non-hydrogen) atoms. The molecule has 0 aromatic rings. The largest absolute Gasteiger partial charge is 0.393 e. The lowest BCUT2D eigenvalue weighted by atomic mass is 9.98. The van der Waals surface area contributed by atoms with E-state index in [1.54, 1.807) is 0 Å². The Bertz CT molecular complexity index is 174. The van der Waals surface area contributed by atoms with Gasteiger partial charge >= 0.3 is 0 Å². The van der Waals surface area contributed by atoms with E-state index in [1.807, 2.05) is 19.1 Å². The summed E-state index contributed by atoms with van der Waals surface area (Å²) >= 11 is 0. The normalized spacial score (nSPS) is 14.4. The zero-order chi connectivity index (χ0) is 12.2. The molecular weight excluding hydrogens is 196 g/mol. The topological polar surface area (TPSA) is 20.2 Å². The summed E-state index contributed by atoms with van der Waals surface area (Å²) in [5.41, 5.74) is 0. The molecule has 0 aromatic carbocycles. The third-order valence-electron chi connectivity index (χ3n) is 3.14. The first-order valence-electron chi connectivity index (χ1n) is 6.64. The van der Waals surface area contributed by atoms with Crippen molar-refractivity contribution in [3.05, 3.63) is 25.3 Å². The zero-order valence-corrected chi connectivity index (χ0v) is 10.8. The predicted octanol–water partition coefficient (Wildman–Crippen LogP) is 4.48. The second-order valence-corrected chi connectivity index (χ2v) is 4.65. The molecule has 0 aliphatic heterocycles. The van der Waals surface area contributed by atoms with Crippen molar-refractivity contribution in [2.45, 2.75) is 64.4 Å². The fourth-order valence-corrected chi connectivity index (χ4v) is 1.77. The van der Waals surface area contributed by atoms with Crippen LogP contribution in [-0.2, 0) is 0 Å². The van der Waals surface area contributed by atoms with E-state index >= 15 is 0 Å². The van der Waals surface area contributed by atoms with E-state index in [-0.39, 0.29) is 12.0 Å². The Kier molecular flexibility index (Phi) is 10.6. The third-order valence-corrected chi connectivity index (χ3v) is 3.14. The molecule has 1 nitrogen and oxygen atoms in total. The van der Waals surface area contributed by atoms with Gasteiger partial charge in [-0.25, -0.2) is 0 Å². The first-order chi connectivity index (χ1) is 7.72. The summed E-state index contributed by atoms with van der Waals surface area (Å²) in [5, 5.41) is 9.71. The highest BCUT2D eigenvalue weighted by Crippen LogP contribution is 2.14. The summed E-state index contributed by atoms with van der Waals surface area (Å²) in [4.78, 5) is 0. The lowest BCUT2D eigenvalue weighted by Crippen LogP contribution is -2.14. The number of hydrogen-bond acceptors (Lipinski definition) is 1. The summed E-state index contributed by atoms with van der Waals surface area (Å²) in [6.07, 6.45) is 13.3. The molecule has 0 bridgehead atoms. The van der Waals surface area contributed by atoms with Crippen LogP contribution in [0.4, 0.5) is 0 Å². The average molecular weight is 224 g/mol. The maximum Gasteiger partial charge on any atom is 0.0600 e. The molecule has 0 heterocycles. The molecule has 0 fully saturated rings. The Balaban J connectivity index is 3.20. The van der Waals surface area contributed by atoms with E-state index in [0.29, 0.717) is 0 Å². The monoisotopic (exact) mass is 224 g/mol. The van der Waals surface area contributed by atoms with Gasteiger partial charge in [0.2, 0.25) is 0 Å². The van der Waals surface area contributed by atoms with Gasteiger partial charge in [-0.3, -0.25) is 0 Å². The Hall–Kier alpha value is -0.560. The fraction of sp³-hybridized carbons (Fsp3) is 0.733. The van der Waals surface area contributed by atoms with Gasteiger partial charge in [-0.2, -0.15) is 0 Å². The first-order valence-corrected chi connectivity index (χ1v) is 6.64. The highest BCUT2D eigenvalue weighted by molar-refractivity contribution is 4.80. The van der Waals surface area contributed by atoms with E-state index in [2.05, 4.69) is 13.2 Å². The van der Waals surface area contributed by atoms with Crippen LogP contribution in [0.2, 0.25) is 0 Å². The predicted molar refractivity (Wildman–Crippen MR) is 72.5 cm³/mol. The number of aliphatic hydroxyl groups excluding tert-OH is 1. The van der Waals surface area contributed by atoms with Crippen molar-refractivity contribution in [2.24, 2.45) is 5.92 Å². The van der Waals surface area contributed by atoms with Gasteiger partial charge in [0.1, 0.15) is 0 Å². The minimum Gasteiger partial charge on any atom is -0.393 e. The van der Waals surface area contributed by atoms with Gasteiger partial charge in [0.05, 0.1) is 6.10 Å². The number of aliphatic hydroxyl groups is 1. The second-order valence-electron chi connectivity index (χ2n) is 4.65. The number of hydrogen-bond donors (Lipinski definition) is 1. The minimum absolute atomic E-state index is 0.196. The van der Waals surface area contributed by atoms with Crippen molar-refractivity contribution >= 4 is 0 Å². The van der Waals surface area contributed by atoms with E-state index in [9.17, 15) is 5.11 Å². The molecule has 0 radical (unpaired) electrons. The molecular formula is C15H28O. The quantitative estimate of drug-likeness (QED) is 0.405. The van der Waals surface area contributed by atoms with Crippen LogP contribution in [0.3, 0.4) is 0 Å². The fourth-order valence-electron chi connectivity index (χ4n) is 1.77. The summed E-state index contributed by atoms with van der Waals surface area (Å²) in [5.74, 6) is 0.229. The molecule has 0 saturated heterocycles. The summed E-state index contributed by atoms with van der Waals surface area (Å²) in [6.45, 7) is 9.44. The van der Waals surface area contributed by atoms with Crippen molar-refractivity contribution in [1.82, 2.24) is 0 Å². The van der Waals surface area contributed by atoms with Crippen molar-refractivity contribution in [3.8, 4) is 0 Å². The Morgan fingerprint density at radius 2 is 1.56 bits per heavy atom. The summed E-state index contributed by atoms with van der Waals surface area (Å²) in [6, 6.07) is 0. The van der Waals surface area contributed by atoms with Crippen LogP contribution in [0.15, 0.2) is 25.3 Å². The molecule has 0 amide bonds. The standard InChI is InChI=1S/C15H28O/c1-4-6-7-8-9-10-11-12-13-15(16)14(3)5-2/h4-5,14-16H,1-2,6-13H2,3H3/t14-,15-/m1/s1. The van der Waals surface area contributed by atoms with Gasteiger partial charge in [-0.05, 0) is 25.2 Å². The van der Waals surface area contributed by atoms with Gasteiger partial charge in [0, 0.05) is 0 Å². The van der Waals surface area contributed by atoms with Gasteiger partial charge < -0.3 is 5.11 Å². The maximum atomic E-state index is 9.71. The Morgan fingerprint density at radius 1 is 1.00 bits per heavy atom. The van der Waals surface area contributed by atoms with Gasteiger partial charge in [0.25, 0.3) is 0 Å². The van der Waals surface area contributed by atoms with Gasteiger partial charge in [-0.15, -0.1) is 13.2 Å². The van der Waals surface area contributed by atoms with E-state index in [1.165, 1.54) is 32.1 Å². The third kappa shape index (κ3) is 8.72. The molecule has 1 heteroatoms. The molecule has 0 aliphatic carbocycles. The van der Waals surface area contributed by atoms with Crippen LogP contribution < -0.4 is 0 Å². The van der Waals surface area contributed by atoms with E-state index in [4.69, 9.17) is 0 Å². The molecule has 1 N–H and O–H groups in total. The highest BCUT2D eigenvalue weighted by Gasteiger charge is 2.09. The zero-order valence-electron chi connectivity index (χ0n) is 10.8. The van der Waals surface area contributed by atoms with Crippen LogP contribution in [-0.4, -0.2) is 11.2 Å². The van der Waals surface area contributed by atoms with Crippen LogP contribution in [0.1, 0.15) is 58.3 Å². The maximum absolute atomic E-state index is 9.71. The summed E-state index contributed by atoms with van der Waals surface area (Å²) in [7, 11) is 0. The van der Waals surface area contributed by atoms with Crippen LogP contribution in [0, 0.1) is 5.92 Å². The second kappa shape index (κ2) is 10.9. The molecule has 0 saturated carbocycles. The Morgan fingerprint density at radius 3 is 2.12 bits per heavy atom. The molecule has 2 atom stereocenters. The Labute approximate surface area is 101 Å². The number of unbranched alkanes of at least 4 members (excludes halogenated alkanes) is 6. The molecule has 0 rings (SSSR count).